The molecule has 0 fully saturated rings. The molecule has 0 saturated carbocycles. The highest BCUT2D eigenvalue weighted by Gasteiger charge is 2.26. The number of ketones is 1. The Bertz CT molecular complexity index is 587. The van der Waals surface area contributed by atoms with E-state index in [2.05, 4.69) is 0 Å². The van der Waals surface area contributed by atoms with Crippen molar-refractivity contribution in [3.63, 3.8) is 0 Å². The number of hydrogen-bond donors (Lipinski definition) is 0. The van der Waals surface area contributed by atoms with Crippen molar-refractivity contribution in [1.82, 2.24) is 9.47 Å². The second kappa shape index (κ2) is 6.56. The van der Waals surface area contributed by atoms with E-state index in [1.807, 2.05) is 0 Å². The number of likely N-dealkylation sites (N-methyl/N-ethyl adjacent to an activating group) is 1. The third kappa shape index (κ3) is 3.15. The van der Waals surface area contributed by atoms with Crippen LogP contribution in [0.1, 0.15) is 45.4 Å². The predicted octanol–water partition coefficient (Wildman–Crippen LogP) is 1.48. The second-order valence-corrected chi connectivity index (χ2v) is 5.01. The summed E-state index contributed by atoms with van der Waals surface area (Å²) >= 11 is 0. The summed E-state index contributed by atoms with van der Waals surface area (Å²) in [5.41, 5.74) is 2.12. The van der Waals surface area contributed by atoms with E-state index in [1.54, 1.807) is 39.4 Å². The molecular formula is C15H22N2O4. The zero-order valence-electron chi connectivity index (χ0n) is 13.4. The van der Waals surface area contributed by atoms with E-state index in [1.165, 1.54) is 12.0 Å². The van der Waals surface area contributed by atoms with Gasteiger partial charge in [0.05, 0.1) is 13.7 Å². The van der Waals surface area contributed by atoms with Crippen molar-refractivity contribution >= 4 is 17.7 Å². The average Bonchev–Trinajstić information content (AvgIpc) is 2.67. The summed E-state index contributed by atoms with van der Waals surface area (Å²) in [7, 11) is 4.62. The maximum Gasteiger partial charge on any atom is 0.354 e. The van der Waals surface area contributed by atoms with Gasteiger partial charge in [-0.1, -0.05) is 6.92 Å². The molecule has 1 rings (SSSR count). The fourth-order valence-electron chi connectivity index (χ4n) is 2.43. The van der Waals surface area contributed by atoms with Crippen LogP contribution < -0.4 is 0 Å². The van der Waals surface area contributed by atoms with E-state index in [0.29, 0.717) is 28.9 Å². The zero-order valence-corrected chi connectivity index (χ0v) is 13.4. The first-order valence-electron chi connectivity index (χ1n) is 6.77. The van der Waals surface area contributed by atoms with Crippen LogP contribution in [-0.4, -0.2) is 47.8 Å². The number of carbonyl (C=O) groups is 3. The molecule has 0 atom stereocenters. The summed E-state index contributed by atoms with van der Waals surface area (Å²) < 4.78 is 6.40. The summed E-state index contributed by atoms with van der Waals surface area (Å²) in [6, 6.07) is 0. The number of amides is 1. The molecule has 1 aromatic rings. The summed E-state index contributed by atoms with van der Waals surface area (Å²) in [4.78, 5) is 37.2. The van der Waals surface area contributed by atoms with Crippen molar-refractivity contribution in [3.05, 3.63) is 22.5 Å². The molecule has 0 spiro atoms. The van der Waals surface area contributed by atoms with Crippen molar-refractivity contribution in [2.45, 2.75) is 27.2 Å². The maximum atomic E-state index is 12.4. The van der Waals surface area contributed by atoms with Crippen molar-refractivity contribution in [3.8, 4) is 0 Å². The van der Waals surface area contributed by atoms with Gasteiger partial charge in [0.1, 0.15) is 5.69 Å². The lowest BCUT2D eigenvalue weighted by Gasteiger charge is -2.15. The molecule has 21 heavy (non-hydrogen) atoms. The molecule has 0 radical (unpaired) electrons. The Hall–Kier alpha value is -2.11. The molecule has 1 heterocycles. The van der Waals surface area contributed by atoms with E-state index in [9.17, 15) is 14.4 Å². The smallest absolute Gasteiger partial charge is 0.354 e. The van der Waals surface area contributed by atoms with Crippen LogP contribution in [0.25, 0.3) is 0 Å². The Labute approximate surface area is 124 Å². The van der Waals surface area contributed by atoms with E-state index in [0.717, 1.165) is 0 Å². The first-order chi connectivity index (χ1) is 9.76. The van der Waals surface area contributed by atoms with Crippen molar-refractivity contribution < 1.29 is 19.1 Å². The van der Waals surface area contributed by atoms with Gasteiger partial charge in [0.2, 0.25) is 5.91 Å². The van der Waals surface area contributed by atoms with Gasteiger partial charge in [-0.2, -0.15) is 0 Å². The van der Waals surface area contributed by atoms with E-state index in [4.69, 9.17) is 4.74 Å². The van der Waals surface area contributed by atoms with Gasteiger partial charge in [-0.15, -0.1) is 0 Å². The maximum absolute atomic E-state index is 12.4. The summed E-state index contributed by atoms with van der Waals surface area (Å²) in [5.74, 6) is -0.752. The molecule has 1 aromatic heterocycles. The number of carbonyl (C=O) groups excluding carboxylic acids is 3. The minimum Gasteiger partial charge on any atom is -0.464 e. The van der Waals surface area contributed by atoms with Crippen LogP contribution in [0.15, 0.2) is 0 Å². The van der Waals surface area contributed by atoms with Crippen molar-refractivity contribution in [2.75, 3.05) is 20.7 Å². The Morgan fingerprint density at radius 2 is 1.81 bits per heavy atom. The molecule has 1 amide bonds. The first kappa shape index (κ1) is 16.9. The van der Waals surface area contributed by atoms with Gasteiger partial charge in [-0.05, 0) is 19.4 Å². The summed E-state index contributed by atoms with van der Waals surface area (Å²) in [5, 5.41) is 0. The largest absolute Gasteiger partial charge is 0.464 e. The fourth-order valence-corrected chi connectivity index (χ4v) is 2.43. The highest BCUT2D eigenvalue weighted by molar-refractivity contribution is 6.04. The Balaban J connectivity index is 3.17. The number of ether oxygens (including phenoxy) is 1. The number of rotatable bonds is 5. The van der Waals surface area contributed by atoms with Crippen LogP contribution in [0, 0.1) is 13.8 Å². The number of methoxy groups -OCH3 is 1. The van der Waals surface area contributed by atoms with Gasteiger partial charge < -0.3 is 14.2 Å². The molecule has 6 heteroatoms. The highest BCUT2D eigenvalue weighted by atomic mass is 16.5. The molecule has 0 aliphatic heterocycles. The molecular weight excluding hydrogens is 272 g/mol. The Morgan fingerprint density at radius 3 is 2.29 bits per heavy atom. The molecule has 6 nitrogen and oxygen atoms in total. The van der Waals surface area contributed by atoms with E-state index >= 15 is 0 Å². The molecule has 0 saturated heterocycles. The predicted molar refractivity (Wildman–Crippen MR) is 78.5 cm³/mol. The van der Waals surface area contributed by atoms with E-state index < -0.39 is 5.97 Å². The lowest BCUT2D eigenvalue weighted by atomic mass is 10.1. The quantitative estimate of drug-likeness (QED) is 0.609. The number of esters is 1. The zero-order chi connectivity index (χ0) is 16.3. The monoisotopic (exact) mass is 294 g/mol. The lowest BCUT2D eigenvalue weighted by molar-refractivity contribution is -0.129. The van der Waals surface area contributed by atoms with Crippen molar-refractivity contribution in [1.29, 1.82) is 0 Å². The minimum absolute atomic E-state index is 0.00101. The molecule has 0 bridgehead atoms. The fraction of sp³-hybridized carbons (Fsp3) is 0.533. The third-order valence-electron chi connectivity index (χ3n) is 3.70. The summed E-state index contributed by atoms with van der Waals surface area (Å²) in [6.07, 6.45) is 0.351. The van der Waals surface area contributed by atoms with Gasteiger partial charge in [0.25, 0.3) is 0 Å². The van der Waals surface area contributed by atoms with Crippen LogP contribution in [-0.2, 0) is 16.6 Å². The van der Waals surface area contributed by atoms with Crippen molar-refractivity contribution in [2.24, 2.45) is 7.05 Å². The third-order valence-corrected chi connectivity index (χ3v) is 3.70. The topological polar surface area (TPSA) is 68.6 Å². The first-order valence-corrected chi connectivity index (χ1v) is 6.77. The molecule has 0 N–H and O–H groups in total. The molecule has 0 aliphatic rings. The second-order valence-electron chi connectivity index (χ2n) is 5.01. The van der Waals surface area contributed by atoms with Crippen LogP contribution >= 0.6 is 0 Å². The van der Waals surface area contributed by atoms with Gasteiger partial charge in [-0.3, -0.25) is 9.59 Å². The van der Waals surface area contributed by atoms with Crippen LogP contribution in [0.3, 0.4) is 0 Å². The SMILES string of the molecule is CCC(=O)N(C)CC(=O)c1c(C)c(C(=O)OC)n(C)c1C. The van der Waals surface area contributed by atoms with Crippen LogP contribution in [0.4, 0.5) is 0 Å². The number of Topliss-reactive ketones (excluding diaryl/α,β-unsaturated/α-hetero) is 1. The standard InChI is InChI=1S/C15H22N2O4/c1-7-12(19)16(4)8-11(18)13-9(2)14(15(20)21-6)17(5)10(13)3/h7-8H2,1-6H3. The lowest BCUT2D eigenvalue weighted by Crippen LogP contribution is -2.31. The van der Waals surface area contributed by atoms with Crippen LogP contribution in [0.2, 0.25) is 0 Å². The summed E-state index contributed by atoms with van der Waals surface area (Å²) in [6.45, 7) is 5.24. The number of nitrogens with zero attached hydrogens (tertiary/aromatic N) is 2. The highest BCUT2D eigenvalue weighted by Crippen LogP contribution is 2.22. The van der Waals surface area contributed by atoms with Gasteiger partial charge >= 0.3 is 5.97 Å². The Morgan fingerprint density at radius 1 is 1.24 bits per heavy atom. The minimum atomic E-state index is -0.477. The number of aromatic nitrogens is 1. The van der Waals surface area contributed by atoms with E-state index in [-0.39, 0.29) is 18.2 Å². The van der Waals surface area contributed by atoms with Gasteiger partial charge in [0.15, 0.2) is 5.78 Å². The normalized spacial score (nSPS) is 10.4. The van der Waals surface area contributed by atoms with Gasteiger partial charge in [-0.25, -0.2) is 4.79 Å². The van der Waals surface area contributed by atoms with Crippen LogP contribution in [0.5, 0.6) is 0 Å². The van der Waals surface area contributed by atoms with Gasteiger partial charge in [0, 0.05) is 31.8 Å². The molecule has 0 unspecified atom stereocenters. The molecule has 116 valence electrons. The average molecular weight is 294 g/mol. The molecule has 0 aliphatic carbocycles. The molecule has 0 aromatic carbocycles. The Kier molecular flexibility index (Phi) is 5.29. The number of hydrogen-bond acceptors (Lipinski definition) is 4.